The van der Waals surface area contributed by atoms with E-state index < -0.39 is 169 Å². The Kier molecular flexibility index (Phi) is 34.3. The Hall–Kier alpha value is -6.21. The molecule has 1 saturated heterocycles. The van der Waals surface area contributed by atoms with Crippen LogP contribution in [-0.4, -0.2) is 252 Å². The van der Waals surface area contributed by atoms with E-state index in [0.717, 1.165) is 9.80 Å². The number of likely N-dealkylation sites (N-methyl/N-ethyl adjacent to an activating group) is 7. The van der Waals surface area contributed by atoms with Gasteiger partial charge in [-0.05, 0) is 93.8 Å². The van der Waals surface area contributed by atoms with Crippen molar-refractivity contribution in [3.05, 3.63) is 12.2 Å². The molecule has 6 N–H and O–H groups in total. The quantitative estimate of drug-likeness (QED) is 0.0799. The highest BCUT2D eigenvalue weighted by molar-refractivity contribution is 5.99. The van der Waals surface area contributed by atoms with Crippen LogP contribution in [0.4, 0.5) is 0 Å². The van der Waals surface area contributed by atoms with E-state index in [2.05, 4.69) is 21.3 Å². The lowest BCUT2D eigenvalue weighted by atomic mass is 9.91. The van der Waals surface area contributed by atoms with Crippen LogP contribution in [0.25, 0.3) is 0 Å². The van der Waals surface area contributed by atoms with Crippen molar-refractivity contribution in [1.29, 1.82) is 0 Å². The second kappa shape index (κ2) is 37.8. The van der Waals surface area contributed by atoms with Crippen LogP contribution in [-0.2, 0) is 57.5 Å². The molecule has 0 aromatic carbocycles. The van der Waals surface area contributed by atoms with Crippen molar-refractivity contribution in [2.45, 2.75) is 216 Å². The molecule has 1 aliphatic rings. The molecule has 0 aliphatic carbocycles. The predicted octanol–water partition coefficient (Wildman–Crippen LogP) is 2.26. The van der Waals surface area contributed by atoms with Crippen molar-refractivity contribution in [3.8, 4) is 0 Å². The molecule has 1 fully saturated rings. The van der Waals surface area contributed by atoms with E-state index in [4.69, 9.17) is 4.74 Å². The Morgan fingerprint density at radius 3 is 1.40 bits per heavy atom. The molecule has 25 nitrogen and oxygen atoms in total. The number of rotatable bonds is 19. The number of carbonyl (C=O) groups excluding carboxylic acids is 11. The van der Waals surface area contributed by atoms with Crippen LogP contribution in [0, 0.1) is 41.4 Å². The molecule has 0 radical (unpaired) electrons. The van der Waals surface area contributed by atoms with Gasteiger partial charge in [-0.1, -0.05) is 109 Å². The minimum Gasteiger partial charge on any atom is -0.394 e. The Bertz CT molecular complexity index is 2400. The number of allylic oxidation sites excluding steroid dienone is 2. The van der Waals surface area contributed by atoms with Gasteiger partial charge >= 0.3 is 0 Å². The number of ether oxygens (including phenoxy) is 1. The van der Waals surface area contributed by atoms with Crippen LogP contribution in [0.3, 0.4) is 0 Å². The molecule has 12 atom stereocenters. The maximum atomic E-state index is 15.2. The molecule has 1 heterocycles. The van der Waals surface area contributed by atoms with Gasteiger partial charge < -0.3 is 70.5 Å². The number of aliphatic hydroxyl groups excluding tert-OH is 2. The first-order valence-electron chi connectivity index (χ1n) is 31.8. The van der Waals surface area contributed by atoms with Crippen molar-refractivity contribution in [2.75, 3.05) is 75.7 Å². The molecule has 0 unspecified atom stereocenters. The van der Waals surface area contributed by atoms with Gasteiger partial charge in [0, 0.05) is 49.3 Å². The van der Waals surface area contributed by atoms with Gasteiger partial charge in [-0.3, -0.25) is 52.7 Å². The standard InChI is InChI=1S/C64H115N11O14/c1-24-26-27-42(15)54(78)53-58(82)66-44(25-2)59(83)69(17)34-50(77)70(18)46(30-36(3)4)57(81)68-51(40(11)12)63(87)71(19)47(31-37(5)6)56(80)65-43(16)55(79)67-45(35-89-29-28-76)60(84)72(20)48(32-38(7)8)61(85)73(21)49(33-39(9)10)62(86)74(22)52(41(13)14)64(88)75(53)23/h24,26,36-49,51-54,76,78H,25,27-35H2,1-23H3,(H,65,80)(H,66,82)(H,67,79)(H,68,81)/b26-24+/t42-,43+,44-,45-,46-,47-,48+,49-,51+,52+,53+,54-/m1/s1. The molecule has 25 heteroatoms. The third-order valence-electron chi connectivity index (χ3n) is 16.5. The average molecular weight is 1260 g/mol. The van der Waals surface area contributed by atoms with Crippen LogP contribution in [0.1, 0.15) is 149 Å². The molecule has 0 bridgehead atoms. The van der Waals surface area contributed by atoms with Crippen molar-refractivity contribution in [1.82, 2.24) is 55.6 Å². The van der Waals surface area contributed by atoms with E-state index in [1.807, 2.05) is 55.4 Å². The first kappa shape index (κ1) is 80.8. The van der Waals surface area contributed by atoms with Gasteiger partial charge in [0.15, 0.2) is 0 Å². The van der Waals surface area contributed by atoms with Gasteiger partial charge in [0.25, 0.3) is 0 Å². The summed E-state index contributed by atoms with van der Waals surface area (Å²) in [5.74, 6) is -10.4. The summed E-state index contributed by atoms with van der Waals surface area (Å²) in [6.45, 7) is 26.5. The third kappa shape index (κ3) is 23.5. The summed E-state index contributed by atoms with van der Waals surface area (Å²) < 4.78 is 5.61. The highest BCUT2D eigenvalue weighted by atomic mass is 16.5. The zero-order chi connectivity index (χ0) is 68.8. The first-order chi connectivity index (χ1) is 41.2. The van der Waals surface area contributed by atoms with E-state index >= 15 is 14.4 Å². The van der Waals surface area contributed by atoms with E-state index in [-0.39, 0.29) is 62.4 Å². The van der Waals surface area contributed by atoms with Gasteiger partial charge in [0.1, 0.15) is 60.4 Å². The molecule has 510 valence electrons. The van der Waals surface area contributed by atoms with Crippen LogP contribution in [0.15, 0.2) is 12.2 Å². The van der Waals surface area contributed by atoms with Crippen LogP contribution < -0.4 is 21.3 Å². The number of hydrogen-bond acceptors (Lipinski definition) is 14. The lowest BCUT2D eigenvalue weighted by Gasteiger charge is -2.41. The van der Waals surface area contributed by atoms with Gasteiger partial charge in [-0.2, -0.15) is 0 Å². The fourth-order valence-corrected chi connectivity index (χ4v) is 11.0. The number of amides is 11. The van der Waals surface area contributed by atoms with Crippen LogP contribution in [0.2, 0.25) is 0 Å². The molecule has 0 saturated carbocycles. The lowest BCUT2D eigenvalue weighted by molar-refractivity contribution is -0.157. The fourth-order valence-electron chi connectivity index (χ4n) is 11.0. The summed E-state index contributed by atoms with van der Waals surface area (Å²) in [7, 11) is 9.76. The van der Waals surface area contributed by atoms with E-state index in [1.165, 1.54) is 80.8 Å². The monoisotopic (exact) mass is 1260 g/mol. The molecule has 1 rings (SSSR count). The topological polar surface area (TPSA) is 308 Å². The Morgan fingerprint density at radius 1 is 0.506 bits per heavy atom. The smallest absolute Gasteiger partial charge is 0.247 e. The molecule has 0 aromatic heterocycles. The average Bonchev–Trinajstić information content (AvgIpc) is 2.46. The van der Waals surface area contributed by atoms with E-state index in [1.54, 1.807) is 60.6 Å². The molecule has 11 amide bonds. The third-order valence-corrected chi connectivity index (χ3v) is 16.5. The van der Waals surface area contributed by atoms with Gasteiger partial charge in [-0.15, -0.1) is 0 Å². The summed E-state index contributed by atoms with van der Waals surface area (Å²) in [4.78, 5) is 170. The van der Waals surface area contributed by atoms with E-state index in [9.17, 15) is 48.6 Å². The normalized spacial score (nSPS) is 26.2. The van der Waals surface area contributed by atoms with Crippen molar-refractivity contribution < 1.29 is 67.7 Å². The summed E-state index contributed by atoms with van der Waals surface area (Å²) in [6.07, 6.45) is 2.81. The lowest BCUT2D eigenvalue weighted by Crippen LogP contribution is -2.63. The molecule has 0 aromatic rings. The molecule has 0 spiro atoms. The Morgan fingerprint density at radius 2 is 0.944 bits per heavy atom. The highest BCUT2D eigenvalue weighted by Crippen LogP contribution is 2.26. The number of aliphatic hydroxyl groups is 2. The zero-order valence-corrected chi connectivity index (χ0v) is 58.0. The van der Waals surface area contributed by atoms with Crippen LogP contribution in [0.5, 0.6) is 0 Å². The summed E-state index contributed by atoms with van der Waals surface area (Å²) in [5.41, 5.74) is 0. The SMILES string of the molecule is C/C=C/C[C@@H](C)[C@@H](O)[C@H]1C(=O)N[C@H](CC)C(=O)N(C)CC(=O)N(C)[C@H](CC(C)C)C(=O)N[C@@H](C(C)C)C(=O)N(C)[C@H](CC(C)C)C(=O)N[C@@H](C)C(=O)N[C@H](COCCO)C(=O)N(C)[C@@H](CC(C)C)C(=O)N(C)[C@H](CC(C)C)C(=O)N(C)[C@@H](C(C)C)C(=O)N1C. The van der Waals surface area contributed by atoms with Crippen molar-refractivity contribution >= 4 is 65.0 Å². The summed E-state index contributed by atoms with van der Waals surface area (Å²) in [6, 6.07) is -13.0. The molecular formula is C64H115N11O14. The second-order valence-corrected chi connectivity index (χ2v) is 26.7. The highest BCUT2D eigenvalue weighted by Gasteiger charge is 2.46. The minimum absolute atomic E-state index is 0.00958. The maximum Gasteiger partial charge on any atom is 0.247 e. The van der Waals surface area contributed by atoms with E-state index in [0.29, 0.717) is 6.42 Å². The second-order valence-electron chi connectivity index (χ2n) is 26.7. The number of nitrogens with one attached hydrogen (secondary N) is 4. The largest absolute Gasteiger partial charge is 0.394 e. The zero-order valence-electron chi connectivity index (χ0n) is 58.0. The first-order valence-corrected chi connectivity index (χ1v) is 31.8. The summed E-state index contributed by atoms with van der Waals surface area (Å²) in [5, 5.41) is 32.7. The molecular weight excluding hydrogens is 1150 g/mol. The summed E-state index contributed by atoms with van der Waals surface area (Å²) >= 11 is 0. The number of nitrogens with zero attached hydrogens (tertiary/aromatic N) is 7. The van der Waals surface area contributed by atoms with Crippen molar-refractivity contribution in [2.24, 2.45) is 41.4 Å². The van der Waals surface area contributed by atoms with Crippen LogP contribution >= 0.6 is 0 Å². The fraction of sp³-hybridized carbons (Fsp3) is 0.797. The van der Waals surface area contributed by atoms with Gasteiger partial charge in [0.2, 0.25) is 65.0 Å². The Labute approximate surface area is 531 Å². The van der Waals surface area contributed by atoms with Gasteiger partial charge in [-0.25, -0.2) is 0 Å². The van der Waals surface area contributed by atoms with Crippen molar-refractivity contribution in [3.63, 3.8) is 0 Å². The predicted molar refractivity (Wildman–Crippen MR) is 341 cm³/mol. The van der Waals surface area contributed by atoms with Gasteiger partial charge in [0.05, 0.1) is 32.5 Å². The Balaban J connectivity index is 4.44. The molecule has 1 aliphatic heterocycles. The number of carbonyl (C=O) groups is 11. The maximum absolute atomic E-state index is 15.2. The molecule has 89 heavy (non-hydrogen) atoms. The number of hydrogen-bond donors (Lipinski definition) is 6. The minimum atomic E-state index is -1.63.